The van der Waals surface area contributed by atoms with Crippen molar-refractivity contribution in [3.63, 3.8) is 0 Å². The minimum Gasteiger partial charge on any atom is -0.388 e. The van der Waals surface area contributed by atoms with Crippen molar-refractivity contribution in [2.75, 3.05) is 6.54 Å². The van der Waals surface area contributed by atoms with E-state index in [9.17, 15) is 20.0 Å². The SMILES string of the molecule is CCCC(C)(O)CNC(=O)c1ccc(Br)c([N+](=O)[O-])c1. The Morgan fingerprint density at radius 3 is 2.75 bits per heavy atom. The van der Waals surface area contributed by atoms with Gasteiger partial charge in [-0.1, -0.05) is 13.3 Å². The monoisotopic (exact) mass is 344 g/mol. The van der Waals surface area contributed by atoms with E-state index in [4.69, 9.17) is 0 Å². The molecule has 0 spiro atoms. The third kappa shape index (κ3) is 4.57. The maximum absolute atomic E-state index is 11.9. The second-order valence-electron chi connectivity index (χ2n) is 4.85. The molecule has 1 atom stereocenters. The zero-order valence-corrected chi connectivity index (χ0v) is 12.9. The van der Waals surface area contributed by atoms with Crippen molar-refractivity contribution in [2.45, 2.75) is 32.3 Å². The quantitative estimate of drug-likeness (QED) is 0.612. The van der Waals surface area contributed by atoms with Crippen LogP contribution in [0.2, 0.25) is 0 Å². The predicted molar refractivity (Wildman–Crippen MR) is 78.7 cm³/mol. The second kappa shape index (κ2) is 6.81. The molecule has 20 heavy (non-hydrogen) atoms. The summed E-state index contributed by atoms with van der Waals surface area (Å²) < 4.78 is 0.317. The van der Waals surface area contributed by atoms with Crippen LogP contribution < -0.4 is 5.32 Å². The molecule has 0 heterocycles. The Morgan fingerprint density at radius 2 is 2.20 bits per heavy atom. The highest BCUT2D eigenvalue weighted by Crippen LogP contribution is 2.25. The lowest BCUT2D eigenvalue weighted by Crippen LogP contribution is -2.40. The summed E-state index contributed by atoms with van der Waals surface area (Å²) in [5, 5.41) is 23.4. The number of rotatable bonds is 6. The van der Waals surface area contributed by atoms with Gasteiger partial charge in [0.2, 0.25) is 0 Å². The fraction of sp³-hybridized carbons (Fsp3) is 0.462. The van der Waals surface area contributed by atoms with E-state index in [-0.39, 0.29) is 17.8 Å². The zero-order valence-electron chi connectivity index (χ0n) is 11.4. The van der Waals surface area contributed by atoms with Gasteiger partial charge in [0.25, 0.3) is 11.6 Å². The van der Waals surface area contributed by atoms with Gasteiger partial charge in [-0.15, -0.1) is 0 Å². The number of halogens is 1. The van der Waals surface area contributed by atoms with E-state index < -0.39 is 16.4 Å². The number of carbonyl (C=O) groups is 1. The van der Waals surface area contributed by atoms with Crippen LogP contribution in [0.4, 0.5) is 5.69 Å². The molecule has 1 unspecified atom stereocenters. The molecule has 7 heteroatoms. The molecule has 6 nitrogen and oxygen atoms in total. The Balaban J connectivity index is 2.78. The number of nitrogens with one attached hydrogen (secondary N) is 1. The van der Waals surface area contributed by atoms with Gasteiger partial charge in [0.15, 0.2) is 0 Å². The molecule has 0 aromatic heterocycles. The molecule has 0 fully saturated rings. The zero-order chi connectivity index (χ0) is 15.3. The number of nitro groups is 1. The Labute approximate surface area is 125 Å². The molecule has 0 radical (unpaired) electrons. The van der Waals surface area contributed by atoms with Gasteiger partial charge in [-0.05, 0) is 41.4 Å². The Hall–Kier alpha value is -1.47. The highest BCUT2D eigenvalue weighted by molar-refractivity contribution is 9.10. The summed E-state index contributed by atoms with van der Waals surface area (Å²) in [5.41, 5.74) is -0.962. The van der Waals surface area contributed by atoms with Crippen LogP contribution in [0.15, 0.2) is 22.7 Å². The van der Waals surface area contributed by atoms with Crippen LogP contribution in [0, 0.1) is 10.1 Å². The van der Waals surface area contributed by atoms with Gasteiger partial charge in [0.1, 0.15) is 0 Å². The van der Waals surface area contributed by atoms with Crippen molar-refractivity contribution in [3.05, 3.63) is 38.3 Å². The third-order valence-electron chi connectivity index (χ3n) is 2.82. The molecular formula is C13H17BrN2O4. The first-order valence-corrected chi connectivity index (χ1v) is 7.00. The minimum atomic E-state index is -0.980. The smallest absolute Gasteiger partial charge is 0.284 e. The van der Waals surface area contributed by atoms with Gasteiger partial charge in [-0.2, -0.15) is 0 Å². The van der Waals surface area contributed by atoms with Crippen molar-refractivity contribution < 1.29 is 14.8 Å². The topological polar surface area (TPSA) is 92.5 Å². The molecule has 1 aromatic carbocycles. The van der Waals surface area contributed by atoms with Gasteiger partial charge in [-0.25, -0.2) is 0 Å². The number of aliphatic hydroxyl groups is 1. The molecule has 0 aliphatic carbocycles. The molecule has 0 aliphatic rings. The maximum atomic E-state index is 11.9. The summed E-state index contributed by atoms with van der Waals surface area (Å²) >= 11 is 3.06. The summed E-state index contributed by atoms with van der Waals surface area (Å²) in [5.74, 6) is -0.447. The van der Waals surface area contributed by atoms with Crippen LogP contribution in [0.1, 0.15) is 37.0 Å². The van der Waals surface area contributed by atoms with Crippen LogP contribution in [0.5, 0.6) is 0 Å². The van der Waals surface area contributed by atoms with Crippen molar-refractivity contribution >= 4 is 27.5 Å². The standard InChI is InChI=1S/C13H17BrN2O4/c1-3-6-13(2,18)8-15-12(17)9-4-5-10(14)11(7-9)16(19)20/h4-5,7,18H,3,6,8H2,1-2H3,(H,15,17). The van der Waals surface area contributed by atoms with Crippen molar-refractivity contribution in [1.82, 2.24) is 5.32 Å². The molecule has 0 saturated heterocycles. The summed E-state index contributed by atoms with van der Waals surface area (Å²) in [6, 6.07) is 4.14. The lowest BCUT2D eigenvalue weighted by atomic mass is 10.0. The first-order valence-electron chi connectivity index (χ1n) is 6.21. The van der Waals surface area contributed by atoms with E-state index >= 15 is 0 Å². The van der Waals surface area contributed by atoms with E-state index in [0.29, 0.717) is 10.9 Å². The average molecular weight is 345 g/mol. The molecule has 110 valence electrons. The Kier molecular flexibility index (Phi) is 5.64. The third-order valence-corrected chi connectivity index (χ3v) is 3.49. The van der Waals surface area contributed by atoms with Crippen LogP contribution >= 0.6 is 15.9 Å². The van der Waals surface area contributed by atoms with Crippen LogP contribution in [-0.2, 0) is 0 Å². The number of benzene rings is 1. The normalized spacial score (nSPS) is 13.6. The summed E-state index contributed by atoms with van der Waals surface area (Å²) in [6.07, 6.45) is 1.36. The highest BCUT2D eigenvalue weighted by atomic mass is 79.9. The van der Waals surface area contributed by atoms with E-state index in [0.717, 1.165) is 6.42 Å². The largest absolute Gasteiger partial charge is 0.388 e. The molecule has 0 aliphatic heterocycles. The molecule has 1 aromatic rings. The van der Waals surface area contributed by atoms with Crippen LogP contribution in [-0.4, -0.2) is 28.1 Å². The Morgan fingerprint density at radius 1 is 1.55 bits per heavy atom. The summed E-state index contributed by atoms with van der Waals surface area (Å²) in [4.78, 5) is 22.2. The number of nitrogens with zero attached hydrogens (tertiary/aromatic N) is 1. The Bertz CT molecular complexity index is 517. The maximum Gasteiger partial charge on any atom is 0.284 e. The number of hydrogen-bond acceptors (Lipinski definition) is 4. The van der Waals surface area contributed by atoms with Crippen LogP contribution in [0.3, 0.4) is 0 Å². The molecule has 0 bridgehead atoms. The highest BCUT2D eigenvalue weighted by Gasteiger charge is 2.21. The summed E-state index contributed by atoms with van der Waals surface area (Å²) in [6.45, 7) is 3.68. The first kappa shape index (κ1) is 16.6. The fourth-order valence-corrected chi connectivity index (χ4v) is 2.18. The lowest BCUT2D eigenvalue weighted by molar-refractivity contribution is -0.385. The number of carbonyl (C=O) groups excluding carboxylic acids is 1. The lowest BCUT2D eigenvalue weighted by Gasteiger charge is -2.22. The minimum absolute atomic E-state index is 0.101. The molecule has 1 rings (SSSR count). The number of nitro benzene ring substituents is 1. The average Bonchev–Trinajstić information content (AvgIpc) is 2.36. The fourth-order valence-electron chi connectivity index (χ4n) is 1.79. The number of amides is 1. The first-order chi connectivity index (χ1) is 9.26. The predicted octanol–water partition coefficient (Wildman–Crippen LogP) is 2.64. The number of hydrogen-bond donors (Lipinski definition) is 2. The van der Waals surface area contributed by atoms with Gasteiger partial charge in [0.05, 0.1) is 15.0 Å². The molecule has 1 amide bonds. The van der Waals surface area contributed by atoms with E-state index in [1.54, 1.807) is 6.92 Å². The van der Waals surface area contributed by atoms with E-state index in [2.05, 4.69) is 21.2 Å². The van der Waals surface area contributed by atoms with Crippen molar-refractivity contribution in [1.29, 1.82) is 0 Å². The summed E-state index contributed by atoms with van der Waals surface area (Å²) in [7, 11) is 0. The van der Waals surface area contributed by atoms with Gasteiger partial charge in [-0.3, -0.25) is 14.9 Å². The van der Waals surface area contributed by atoms with Crippen LogP contribution in [0.25, 0.3) is 0 Å². The van der Waals surface area contributed by atoms with Gasteiger partial charge < -0.3 is 10.4 Å². The van der Waals surface area contributed by atoms with Crippen molar-refractivity contribution in [2.24, 2.45) is 0 Å². The molecule has 2 N–H and O–H groups in total. The molecular weight excluding hydrogens is 328 g/mol. The van der Waals surface area contributed by atoms with Gasteiger partial charge in [0, 0.05) is 18.2 Å². The van der Waals surface area contributed by atoms with Crippen molar-refractivity contribution in [3.8, 4) is 0 Å². The van der Waals surface area contributed by atoms with E-state index in [1.807, 2.05) is 6.92 Å². The molecule has 0 saturated carbocycles. The van der Waals surface area contributed by atoms with Gasteiger partial charge >= 0.3 is 0 Å². The second-order valence-corrected chi connectivity index (χ2v) is 5.71. The van der Waals surface area contributed by atoms with E-state index in [1.165, 1.54) is 18.2 Å².